The number of hydrogen-bond donors (Lipinski definition) is 1. The number of benzene rings is 1. The molecule has 7 heteroatoms. The van der Waals surface area contributed by atoms with Crippen LogP contribution in [0, 0.1) is 6.92 Å². The number of nitrogens with zero attached hydrogens (tertiary/aromatic N) is 2. The summed E-state index contributed by atoms with van der Waals surface area (Å²) in [7, 11) is 0. The van der Waals surface area contributed by atoms with Crippen molar-refractivity contribution in [3.05, 3.63) is 65.3 Å². The molecule has 0 spiro atoms. The Morgan fingerprint density at radius 2 is 2.08 bits per heavy atom. The van der Waals surface area contributed by atoms with Gasteiger partial charge >= 0.3 is 0 Å². The van der Waals surface area contributed by atoms with E-state index in [1.54, 1.807) is 12.4 Å². The van der Waals surface area contributed by atoms with Crippen LogP contribution in [-0.4, -0.2) is 16.1 Å². The Labute approximate surface area is 163 Å². The molecule has 3 nitrogen and oxygen atoms in total. The summed E-state index contributed by atoms with van der Waals surface area (Å²) in [6.07, 6.45) is 4.93. The van der Waals surface area contributed by atoms with Crippen molar-refractivity contribution in [2.45, 2.75) is 13.5 Å². The number of hydrogen-bond acceptors (Lipinski definition) is 2. The van der Waals surface area contributed by atoms with E-state index in [9.17, 15) is 4.39 Å². The van der Waals surface area contributed by atoms with E-state index < -0.39 is 0 Å². The third-order valence-electron chi connectivity index (χ3n) is 3.88. The van der Waals surface area contributed by atoms with Crippen molar-refractivity contribution in [2.24, 2.45) is 5.73 Å². The Balaban J connectivity index is 0.00000156. The zero-order chi connectivity index (χ0) is 16.4. The molecule has 0 saturated heterocycles. The van der Waals surface area contributed by atoms with E-state index in [-0.39, 0.29) is 43.7 Å². The third kappa shape index (κ3) is 4.33. The summed E-state index contributed by atoms with van der Waals surface area (Å²) in [5.74, 6) is -0.250. The van der Waals surface area contributed by atoms with Gasteiger partial charge in [0.2, 0.25) is 0 Å². The summed E-state index contributed by atoms with van der Waals surface area (Å²) in [4.78, 5) is 4.19. The van der Waals surface area contributed by atoms with Crippen LogP contribution in [0.2, 0.25) is 5.02 Å². The lowest BCUT2D eigenvalue weighted by atomic mass is 10.0. The minimum atomic E-state index is -0.250. The summed E-state index contributed by atoms with van der Waals surface area (Å²) in [5.41, 5.74) is 9.31. The highest BCUT2D eigenvalue weighted by atomic mass is 35.5. The van der Waals surface area contributed by atoms with Crippen LogP contribution >= 0.6 is 36.4 Å². The number of fused-ring (bicyclic) bond motifs is 1. The van der Waals surface area contributed by atoms with Gasteiger partial charge in [0.15, 0.2) is 0 Å². The molecule has 134 valence electrons. The molecule has 1 aromatic carbocycles. The molecule has 0 saturated carbocycles. The van der Waals surface area contributed by atoms with Gasteiger partial charge in [-0.2, -0.15) is 0 Å². The monoisotopic (exact) mass is 401 g/mol. The standard InChI is InChI=1S/C18H17ClFN3.2ClH/c1-12-18(13-3-2-8-22-10-13)16-9-14(19)4-5-17(16)23(12)11-15(20)6-7-21;;/h2-6,8-10H,7,11,21H2,1H3;2*1H/b15-6-;;. The summed E-state index contributed by atoms with van der Waals surface area (Å²) in [6, 6.07) is 9.52. The Kier molecular flexibility index (Phi) is 7.90. The molecule has 2 N–H and O–H groups in total. The summed E-state index contributed by atoms with van der Waals surface area (Å²) in [5, 5.41) is 1.64. The van der Waals surface area contributed by atoms with Gasteiger partial charge in [-0.3, -0.25) is 4.98 Å². The highest BCUT2D eigenvalue weighted by Crippen LogP contribution is 2.36. The Bertz CT molecular complexity index is 876. The molecule has 0 aliphatic heterocycles. The van der Waals surface area contributed by atoms with Crippen molar-refractivity contribution in [1.29, 1.82) is 0 Å². The van der Waals surface area contributed by atoms with Crippen molar-refractivity contribution >= 4 is 47.3 Å². The number of allylic oxidation sites excluding steroid dienone is 1. The predicted molar refractivity (Wildman–Crippen MR) is 108 cm³/mol. The number of nitrogens with two attached hydrogens (primary N) is 1. The molecule has 3 aromatic rings. The molecule has 2 heterocycles. The Morgan fingerprint density at radius 3 is 2.72 bits per heavy atom. The van der Waals surface area contributed by atoms with Gasteiger partial charge in [-0.25, -0.2) is 4.39 Å². The van der Waals surface area contributed by atoms with E-state index in [4.69, 9.17) is 17.3 Å². The van der Waals surface area contributed by atoms with E-state index >= 15 is 0 Å². The normalized spacial score (nSPS) is 11.1. The van der Waals surface area contributed by atoms with E-state index in [1.807, 2.05) is 41.8 Å². The van der Waals surface area contributed by atoms with Crippen LogP contribution in [0.4, 0.5) is 4.39 Å². The highest BCUT2D eigenvalue weighted by molar-refractivity contribution is 6.31. The molecule has 0 radical (unpaired) electrons. The Morgan fingerprint density at radius 1 is 1.32 bits per heavy atom. The number of halogens is 4. The van der Waals surface area contributed by atoms with Gasteiger partial charge in [0, 0.05) is 51.7 Å². The average molecular weight is 403 g/mol. The van der Waals surface area contributed by atoms with Crippen LogP contribution in [0.3, 0.4) is 0 Å². The molecule has 0 aliphatic rings. The quantitative estimate of drug-likeness (QED) is 0.642. The van der Waals surface area contributed by atoms with Crippen LogP contribution < -0.4 is 5.73 Å². The van der Waals surface area contributed by atoms with Crippen LogP contribution in [0.25, 0.3) is 22.0 Å². The van der Waals surface area contributed by atoms with Gasteiger partial charge in [0.1, 0.15) is 5.83 Å². The molecule has 25 heavy (non-hydrogen) atoms. The maximum absolute atomic E-state index is 14.0. The molecule has 0 aliphatic carbocycles. The van der Waals surface area contributed by atoms with Crippen molar-refractivity contribution in [3.63, 3.8) is 0 Å². The number of aromatic nitrogens is 2. The van der Waals surface area contributed by atoms with Gasteiger partial charge in [-0.05, 0) is 37.3 Å². The zero-order valence-corrected chi connectivity index (χ0v) is 16.0. The topological polar surface area (TPSA) is 43.8 Å². The number of pyridine rings is 1. The molecule has 0 unspecified atom stereocenters. The highest BCUT2D eigenvalue weighted by Gasteiger charge is 2.16. The second kappa shape index (κ2) is 9.20. The minimum Gasteiger partial charge on any atom is -0.337 e. The van der Waals surface area contributed by atoms with Crippen LogP contribution in [-0.2, 0) is 6.54 Å². The number of rotatable bonds is 4. The third-order valence-corrected chi connectivity index (χ3v) is 4.12. The molecule has 2 aromatic heterocycles. The van der Waals surface area contributed by atoms with Gasteiger partial charge < -0.3 is 10.3 Å². The predicted octanol–water partition coefficient (Wildman–Crippen LogP) is 5.32. The largest absolute Gasteiger partial charge is 0.337 e. The first kappa shape index (κ1) is 21.5. The lowest BCUT2D eigenvalue weighted by Gasteiger charge is -2.07. The minimum absolute atomic E-state index is 0. The first-order valence-corrected chi connectivity index (χ1v) is 7.73. The summed E-state index contributed by atoms with van der Waals surface area (Å²) < 4.78 is 15.9. The van der Waals surface area contributed by atoms with Crippen molar-refractivity contribution < 1.29 is 4.39 Å². The fourth-order valence-corrected chi connectivity index (χ4v) is 3.05. The molecule has 0 bridgehead atoms. The summed E-state index contributed by atoms with van der Waals surface area (Å²) >= 11 is 6.17. The van der Waals surface area contributed by atoms with Gasteiger partial charge in [0.05, 0.1) is 6.54 Å². The lowest BCUT2D eigenvalue weighted by Crippen LogP contribution is -2.03. The van der Waals surface area contributed by atoms with Crippen molar-refractivity contribution in [2.75, 3.05) is 6.54 Å². The van der Waals surface area contributed by atoms with E-state index in [0.717, 1.165) is 27.7 Å². The second-order valence-corrected chi connectivity index (χ2v) is 5.77. The van der Waals surface area contributed by atoms with Gasteiger partial charge in [-0.1, -0.05) is 17.7 Å². The molecular formula is C18H19Cl3FN3. The average Bonchev–Trinajstić information content (AvgIpc) is 2.80. The Hall–Kier alpha value is -1.59. The van der Waals surface area contributed by atoms with Crippen LogP contribution in [0.15, 0.2) is 54.6 Å². The lowest BCUT2D eigenvalue weighted by molar-refractivity contribution is 0.555. The fourth-order valence-electron chi connectivity index (χ4n) is 2.88. The van der Waals surface area contributed by atoms with E-state index in [0.29, 0.717) is 5.02 Å². The maximum Gasteiger partial charge on any atom is 0.117 e. The fraction of sp³-hybridized carbons (Fsp3) is 0.167. The van der Waals surface area contributed by atoms with E-state index in [1.165, 1.54) is 6.08 Å². The van der Waals surface area contributed by atoms with Crippen LogP contribution in [0.1, 0.15) is 5.69 Å². The van der Waals surface area contributed by atoms with Crippen molar-refractivity contribution in [1.82, 2.24) is 9.55 Å². The molecule has 0 atom stereocenters. The first-order chi connectivity index (χ1) is 11.1. The maximum atomic E-state index is 14.0. The second-order valence-electron chi connectivity index (χ2n) is 5.34. The van der Waals surface area contributed by atoms with Gasteiger partial charge in [0.25, 0.3) is 0 Å². The smallest absolute Gasteiger partial charge is 0.117 e. The SMILES string of the molecule is Cc1c(-c2cccnc2)c2cc(Cl)ccc2n1C/C(F)=C/CN.Cl.Cl. The van der Waals surface area contributed by atoms with Crippen molar-refractivity contribution in [3.8, 4) is 11.1 Å². The molecular weight excluding hydrogens is 384 g/mol. The van der Waals surface area contributed by atoms with Gasteiger partial charge in [-0.15, -0.1) is 24.8 Å². The molecule has 3 rings (SSSR count). The first-order valence-electron chi connectivity index (χ1n) is 7.35. The van der Waals surface area contributed by atoms with Crippen LogP contribution in [0.5, 0.6) is 0 Å². The zero-order valence-electron chi connectivity index (χ0n) is 13.6. The summed E-state index contributed by atoms with van der Waals surface area (Å²) in [6.45, 7) is 2.32. The van der Waals surface area contributed by atoms with E-state index in [2.05, 4.69) is 4.98 Å². The molecule has 0 amide bonds. The molecule has 0 fully saturated rings.